The summed E-state index contributed by atoms with van der Waals surface area (Å²) in [6, 6.07) is 5.15. The van der Waals surface area contributed by atoms with Crippen molar-refractivity contribution < 1.29 is 4.79 Å². The van der Waals surface area contributed by atoms with E-state index in [1.165, 1.54) is 32.1 Å². The number of nitrogens with zero attached hydrogens (tertiary/aromatic N) is 1. The Kier molecular flexibility index (Phi) is 4.76. The molecule has 0 aromatic carbocycles. The summed E-state index contributed by atoms with van der Waals surface area (Å²) in [6.45, 7) is 0. The van der Waals surface area contributed by atoms with E-state index >= 15 is 0 Å². The van der Waals surface area contributed by atoms with E-state index in [2.05, 4.69) is 21.7 Å². The zero-order valence-electron chi connectivity index (χ0n) is 10.4. The van der Waals surface area contributed by atoms with Crippen LogP contribution in [-0.4, -0.2) is 11.0 Å². The van der Waals surface area contributed by atoms with Gasteiger partial charge in [-0.15, -0.1) is 0 Å². The molecular formula is C14H19N3O. The number of rotatable bonds is 3. The summed E-state index contributed by atoms with van der Waals surface area (Å²) in [6.07, 6.45) is 11.9. The van der Waals surface area contributed by atoms with Crippen LogP contribution in [0.5, 0.6) is 0 Å². The molecule has 2 amide bonds. The molecule has 0 radical (unpaired) electrons. The summed E-state index contributed by atoms with van der Waals surface area (Å²) in [5.74, 6) is 1.18. The van der Waals surface area contributed by atoms with E-state index < -0.39 is 0 Å². The molecule has 2 rings (SSSR count). The molecule has 2 N–H and O–H groups in total. The van der Waals surface area contributed by atoms with Gasteiger partial charge in [0.15, 0.2) is 0 Å². The van der Waals surface area contributed by atoms with Gasteiger partial charge in [-0.3, -0.25) is 5.32 Å². The molecule has 4 heteroatoms. The SMILES string of the molecule is O=C(N/C=C/C1CCCCC1)Nc1ccccn1. The van der Waals surface area contributed by atoms with Crippen molar-refractivity contribution in [2.45, 2.75) is 32.1 Å². The minimum atomic E-state index is -0.249. The van der Waals surface area contributed by atoms with Gasteiger partial charge in [0, 0.05) is 12.4 Å². The Morgan fingerprint density at radius 2 is 2.11 bits per heavy atom. The molecule has 1 aromatic rings. The molecule has 0 atom stereocenters. The van der Waals surface area contributed by atoms with Gasteiger partial charge >= 0.3 is 6.03 Å². The van der Waals surface area contributed by atoms with Gasteiger partial charge in [0.2, 0.25) is 0 Å². The molecular weight excluding hydrogens is 226 g/mol. The average molecular weight is 245 g/mol. The number of allylic oxidation sites excluding steroid dienone is 1. The number of nitrogens with one attached hydrogen (secondary N) is 2. The van der Waals surface area contributed by atoms with Crippen molar-refractivity contribution in [1.29, 1.82) is 0 Å². The van der Waals surface area contributed by atoms with Crippen LogP contribution >= 0.6 is 0 Å². The third-order valence-corrected chi connectivity index (χ3v) is 3.14. The third kappa shape index (κ3) is 4.20. The zero-order chi connectivity index (χ0) is 12.6. The quantitative estimate of drug-likeness (QED) is 0.858. The first-order valence-electron chi connectivity index (χ1n) is 6.50. The topological polar surface area (TPSA) is 54.0 Å². The number of amides is 2. The van der Waals surface area contributed by atoms with Gasteiger partial charge in [-0.25, -0.2) is 9.78 Å². The second-order valence-electron chi connectivity index (χ2n) is 4.57. The van der Waals surface area contributed by atoms with Crippen LogP contribution in [0.2, 0.25) is 0 Å². The third-order valence-electron chi connectivity index (χ3n) is 3.14. The van der Waals surface area contributed by atoms with Crippen molar-refractivity contribution in [3.63, 3.8) is 0 Å². The fourth-order valence-corrected chi connectivity index (χ4v) is 2.18. The number of carbonyl (C=O) groups excluding carboxylic acids is 1. The van der Waals surface area contributed by atoms with Crippen molar-refractivity contribution in [1.82, 2.24) is 10.3 Å². The predicted molar refractivity (Wildman–Crippen MR) is 72.1 cm³/mol. The second kappa shape index (κ2) is 6.79. The van der Waals surface area contributed by atoms with Crippen LogP contribution in [0, 0.1) is 5.92 Å². The monoisotopic (exact) mass is 245 g/mol. The number of pyridine rings is 1. The highest BCUT2D eigenvalue weighted by atomic mass is 16.2. The van der Waals surface area contributed by atoms with Gasteiger partial charge in [-0.2, -0.15) is 0 Å². The Hall–Kier alpha value is -1.84. The molecule has 96 valence electrons. The van der Waals surface area contributed by atoms with Gasteiger partial charge in [0.05, 0.1) is 0 Å². The van der Waals surface area contributed by atoms with E-state index in [9.17, 15) is 4.79 Å². The largest absolute Gasteiger partial charge is 0.324 e. The lowest BCUT2D eigenvalue weighted by molar-refractivity contribution is 0.255. The lowest BCUT2D eigenvalue weighted by Crippen LogP contribution is -2.24. The van der Waals surface area contributed by atoms with Crippen LogP contribution in [0.25, 0.3) is 0 Å². The maximum atomic E-state index is 11.5. The first kappa shape index (κ1) is 12.6. The van der Waals surface area contributed by atoms with Crippen LogP contribution in [0.1, 0.15) is 32.1 Å². The van der Waals surface area contributed by atoms with E-state index in [0.29, 0.717) is 11.7 Å². The fourth-order valence-electron chi connectivity index (χ4n) is 2.18. The molecule has 0 bridgehead atoms. The molecule has 1 heterocycles. The number of urea groups is 1. The molecule has 0 aliphatic heterocycles. The predicted octanol–water partition coefficient (Wildman–Crippen LogP) is 3.30. The van der Waals surface area contributed by atoms with Gasteiger partial charge in [0.25, 0.3) is 0 Å². The van der Waals surface area contributed by atoms with Gasteiger partial charge < -0.3 is 5.32 Å². The molecule has 1 aliphatic carbocycles. The Morgan fingerprint density at radius 1 is 1.28 bits per heavy atom. The van der Waals surface area contributed by atoms with Crippen LogP contribution < -0.4 is 10.6 Å². The summed E-state index contributed by atoms with van der Waals surface area (Å²) in [7, 11) is 0. The fraction of sp³-hybridized carbons (Fsp3) is 0.429. The minimum absolute atomic E-state index is 0.249. The normalized spacial score (nSPS) is 16.7. The van der Waals surface area contributed by atoms with Crippen LogP contribution in [0.4, 0.5) is 10.6 Å². The average Bonchev–Trinajstić information content (AvgIpc) is 2.41. The first-order chi connectivity index (χ1) is 8.84. The Balaban J connectivity index is 1.72. The van der Waals surface area contributed by atoms with E-state index in [1.54, 1.807) is 18.5 Å². The highest BCUT2D eigenvalue weighted by Gasteiger charge is 2.09. The molecule has 0 saturated heterocycles. The minimum Gasteiger partial charge on any atom is -0.315 e. The molecule has 1 saturated carbocycles. The smallest absolute Gasteiger partial charge is 0.315 e. The van der Waals surface area contributed by atoms with Crippen LogP contribution in [0.3, 0.4) is 0 Å². The maximum Gasteiger partial charge on any atom is 0.324 e. The summed E-state index contributed by atoms with van der Waals surface area (Å²) in [5, 5.41) is 5.38. The highest BCUT2D eigenvalue weighted by molar-refractivity contribution is 5.88. The molecule has 0 spiro atoms. The number of hydrogen-bond donors (Lipinski definition) is 2. The summed E-state index contributed by atoms with van der Waals surface area (Å²) < 4.78 is 0. The number of carbonyl (C=O) groups is 1. The van der Waals surface area contributed by atoms with Crippen molar-refractivity contribution >= 4 is 11.8 Å². The molecule has 1 aromatic heterocycles. The summed E-state index contributed by atoms with van der Waals surface area (Å²) in [5.41, 5.74) is 0. The number of aromatic nitrogens is 1. The summed E-state index contributed by atoms with van der Waals surface area (Å²) >= 11 is 0. The van der Waals surface area contributed by atoms with Crippen molar-refractivity contribution in [2.75, 3.05) is 5.32 Å². The van der Waals surface area contributed by atoms with E-state index in [-0.39, 0.29) is 6.03 Å². The van der Waals surface area contributed by atoms with Crippen molar-refractivity contribution in [3.05, 3.63) is 36.7 Å². The highest BCUT2D eigenvalue weighted by Crippen LogP contribution is 2.24. The molecule has 0 unspecified atom stereocenters. The van der Waals surface area contributed by atoms with Crippen LogP contribution in [-0.2, 0) is 0 Å². The van der Waals surface area contributed by atoms with Gasteiger partial charge in [-0.05, 0) is 30.9 Å². The van der Waals surface area contributed by atoms with Crippen LogP contribution in [0.15, 0.2) is 36.7 Å². The van der Waals surface area contributed by atoms with Crippen molar-refractivity contribution in [3.8, 4) is 0 Å². The second-order valence-corrected chi connectivity index (χ2v) is 4.57. The lowest BCUT2D eigenvalue weighted by Gasteiger charge is -2.17. The maximum absolute atomic E-state index is 11.5. The Labute approximate surface area is 108 Å². The van der Waals surface area contributed by atoms with E-state index in [4.69, 9.17) is 0 Å². The number of anilines is 1. The Morgan fingerprint density at radius 3 is 2.83 bits per heavy atom. The van der Waals surface area contributed by atoms with Gasteiger partial charge in [0.1, 0.15) is 5.82 Å². The molecule has 4 nitrogen and oxygen atoms in total. The first-order valence-corrected chi connectivity index (χ1v) is 6.50. The zero-order valence-corrected chi connectivity index (χ0v) is 10.4. The molecule has 18 heavy (non-hydrogen) atoms. The standard InChI is InChI=1S/C14H19N3O/c18-14(17-13-8-4-5-10-15-13)16-11-9-12-6-2-1-3-7-12/h4-5,8-12H,1-3,6-7H2,(H2,15,16,17,18)/b11-9+. The van der Waals surface area contributed by atoms with E-state index in [0.717, 1.165) is 0 Å². The van der Waals surface area contributed by atoms with Crippen molar-refractivity contribution in [2.24, 2.45) is 5.92 Å². The van der Waals surface area contributed by atoms with E-state index in [1.807, 2.05) is 12.1 Å². The Bertz CT molecular complexity index is 397. The number of hydrogen-bond acceptors (Lipinski definition) is 2. The molecule has 1 fully saturated rings. The van der Waals surface area contributed by atoms with Gasteiger partial charge in [-0.1, -0.05) is 31.4 Å². The molecule has 1 aliphatic rings. The lowest BCUT2D eigenvalue weighted by atomic mass is 9.89. The summed E-state index contributed by atoms with van der Waals surface area (Å²) in [4.78, 5) is 15.6.